The Kier molecular flexibility index (Phi) is 1.66. The molecular formula is C12H12. The molecule has 1 aliphatic carbocycles. The Bertz CT molecular complexity index is 363. The first-order valence-corrected chi connectivity index (χ1v) is 4.37. The van der Waals surface area contributed by atoms with E-state index in [2.05, 4.69) is 43.9 Å². The van der Waals surface area contributed by atoms with E-state index in [1.807, 2.05) is 0 Å². The highest BCUT2D eigenvalue weighted by Crippen LogP contribution is 2.18. The van der Waals surface area contributed by atoms with Gasteiger partial charge in [0.2, 0.25) is 0 Å². The largest absolute Gasteiger partial charge is 0.0944 e. The predicted octanol–water partition coefficient (Wildman–Crippen LogP) is 2.54. The van der Waals surface area contributed by atoms with Gasteiger partial charge >= 0.3 is 0 Å². The first-order chi connectivity index (χ1) is 5.75. The normalized spacial score (nSPS) is 19.3. The van der Waals surface area contributed by atoms with Crippen LogP contribution in [0.15, 0.2) is 18.2 Å². The Labute approximate surface area is 73.6 Å². The lowest BCUT2D eigenvalue weighted by atomic mass is 9.92. The van der Waals surface area contributed by atoms with E-state index in [0.29, 0.717) is 5.92 Å². The summed E-state index contributed by atoms with van der Waals surface area (Å²) in [5.74, 6) is 6.92. The first-order valence-electron chi connectivity index (χ1n) is 4.37. The molecule has 0 aromatic heterocycles. The van der Waals surface area contributed by atoms with Crippen LogP contribution in [0.5, 0.6) is 0 Å². The number of rotatable bonds is 0. The monoisotopic (exact) mass is 156 g/mol. The van der Waals surface area contributed by atoms with E-state index in [0.717, 1.165) is 6.42 Å². The second-order valence-corrected chi connectivity index (χ2v) is 3.54. The van der Waals surface area contributed by atoms with Crippen molar-refractivity contribution in [3.63, 3.8) is 0 Å². The van der Waals surface area contributed by atoms with E-state index < -0.39 is 0 Å². The second-order valence-electron chi connectivity index (χ2n) is 3.54. The van der Waals surface area contributed by atoms with Crippen molar-refractivity contribution >= 4 is 0 Å². The zero-order chi connectivity index (χ0) is 8.55. The highest BCUT2D eigenvalue weighted by molar-refractivity contribution is 5.46. The molecule has 12 heavy (non-hydrogen) atoms. The summed E-state index contributed by atoms with van der Waals surface area (Å²) in [6.07, 6.45) is 1.12. The van der Waals surface area contributed by atoms with Crippen molar-refractivity contribution in [2.24, 2.45) is 5.92 Å². The topological polar surface area (TPSA) is 0 Å². The van der Waals surface area contributed by atoms with E-state index in [9.17, 15) is 0 Å². The molecule has 0 amide bonds. The molecule has 0 radical (unpaired) electrons. The smallest absolute Gasteiger partial charge is 0.0278 e. The predicted molar refractivity (Wildman–Crippen MR) is 50.9 cm³/mol. The Morgan fingerprint density at radius 2 is 2.25 bits per heavy atom. The Balaban J connectivity index is 2.52. The van der Waals surface area contributed by atoms with Gasteiger partial charge in [-0.3, -0.25) is 0 Å². The summed E-state index contributed by atoms with van der Waals surface area (Å²) in [4.78, 5) is 0. The molecule has 0 bridgehead atoms. The molecule has 0 heterocycles. The van der Waals surface area contributed by atoms with Crippen LogP contribution in [0, 0.1) is 24.7 Å². The van der Waals surface area contributed by atoms with Crippen molar-refractivity contribution < 1.29 is 0 Å². The van der Waals surface area contributed by atoms with Crippen molar-refractivity contribution in [1.29, 1.82) is 0 Å². The molecule has 0 saturated carbocycles. The van der Waals surface area contributed by atoms with E-state index in [1.165, 1.54) is 16.7 Å². The van der Waals surface area contributed by atoms with E-state index >= 15 is 0 Å². The Morgan fingerprint density at radius 3 is 3.08 bits per heavy atom. The first kappa shape index (κ1) is 7.43. The van der Waals surface area contributed by atoms with Gasteiger partial charge in [-0.15, -0.1) is 0 Å². The maximum Gasteiger partial charge on any atom is 0.0278 e. The highest BCUT2D eigenvalue weighted by atomic mass is 14.1. The molecule has 0 fully saturated rings. The van der Waals surface area contributed by atoms with Gasteiger partial charge in [0, 0.05) is 11.5 Å². The number of benzene rings is 1. The fraction of sp³-hybridized carbons (Fsp3) is 0.333. The molecule has 1 unspecified atom stereocenters. The molecule has 0 heteroatoms. The number of fused-ring (bicyclic) bond motifs is 1. The maximum absolute atomic E-state index is 3.21. The van der Waals surface area contributed by atoms with Crippen LogP contribution in [0.4, 0.5) is 0 Å². The molecule has 1 atom stereocenters. The minimum atomic E-state index is 0.527. The van der Waals surface area contributed by atoms with Crippen molar-refractivity contribution in [2.75, 3.05) is 0 Å². The Morgan fingerprint density at radius 1 is 1.42 bits per heavy atom. The van der Waals surface area contributed by atoms with E-state index in [-0.39, 0.29) is 0 Å². The number of hydrogen-bond donors (Lipinski definition) is 0. The van der Waals surface area contributed by atoms with Crippen molar-refractivity contribution in [3.8, 4) is 11.8 Å². The number of hydrogen-bond acceptors (Lipinski definition) is 0. The van der Waals surface area contributed by atoms with Crippen LogP contribution in [-0.4, -0.2) is 0 Å². The van der Waals surface area contributed by atoms with Gasteiger partial charge in [0.25, 0.3) is 0 Å². The lowest BCUT2D eigenvalue weighted by molar-refractivity contribution is 0.741. The van der Waals surface area contributed by atoms with Gasteiger partial charge in [-0.1, -0.05) is 36.5 Å². The summed E-state index contributed by atoms with van der Waals surface area (Å²) in [5, 5.41) is 0. The lowest BCUT2D eigenvalue weighted by Crippen LogP contribution is -2.04. The van der Waals surface area contributed by atoms with Crippen LogP contribution in [-0.2, 0) is 6.42 Å². The second kappa shape index (κ2) is 2.68. The third kappa shape index (κ3) is 1.23. The molecule has 0 N–H and O–H groups in total. The molecule has 0 nitrogen and oxygen atoms in total. The SMILES string of the molecule is Cc1ccc2c(c1)CC(C)C#C2. The van der Waals surface area contributed by atoms with Crippen molar-refractivity contribution in [2.45, 2.75) is 20.3 Å². The fourth-order valence-corrected chi connectivity index (χ4v) is 1.60. The molecule has 0 saturated heterocycles. The van der Waals surface area contributed by atoms with Crippen LogP contribution in [0.25, 0.3) is 0 Å². The van der Waals surface area contributed by atoms with Gasteiger partial charge in [0.1, 0.15) is 0 Å². The minimum absolute atomic E-state index is 0.527. The summed E-state index contributed by atoms with van der Waals surface area (Å²) >= 11 is 0. The van der Waals surface area contributed by atoms with Crippen molar-refractivity contribution in [1.82, 2.24) is 0 Å². The van der Waals surface area contributed by atoms with Crippen LogP contribution in [0.3, 0.4) is 0 Å². The van der Waals surface area contributed by atoms with Crippen molar-refractivity contribution in [3.05, 3.63) is 34.9 Å². The maximum atomic E-state index is 3.21. The summed E-state index contributed by atoms with van der Waals surface area (Å²) < 4.78 is 0. The molecule has 2 rings (SSSR count). The van der Waals surface area contributed by atoms with Gasteiger partial charge in [-0.25, -0.2) is 0 Å². The van der Waals surface area contributed by atoms with Crippen LogP contribution < -0.4 is 0 Å². The van der Waals surface area contributed by atoms with E-state index in [4.69, 9.17) is 0 Å². The lowest BCUT2D eigenvalue weighted by Gasteiger charge is -2.12. The zero-order valence-electron chi connectivity index (χ0n) is 7.52. The van der Waals surface area contributed by atoms with Crippen LogP contribution in [0.1, 0.15) is 23.6 Å². The summed E-state index contributed by atoms with van der Waals surface area (Å²) in [6, 6.07) is 6.51. The average molecular weight is 156 g/mol. The van der Waals surface area contributed by atoms with Gasteiger partial charge in [0.15, 0.2) is 0 Å². The van der Waals surface area contributed by atoms with Gasteiger partial charge in [-0.2, -0.15) is 0 Å². The standard InChI is InChI=1S/C12H12/c1-9-3-5-11-6-4-10(2)8-12(11)7-9/h3,5,7,10H,8H2,1-2H3. The molecule has 1 aromatic carbocycles. The molecule has 60 valence electrons. The van der Waals surface area contributed by atoms with Gasteiger partial charge < -0.3 is 0 Å². The molecule has 1 aromatic rings. The van der Waals surface area contributed by atoms with Crippen LogP contribution in [0.2, 0.25) is 0 Å². The third-order valence-corrected chi connectivity index (χ3v) is 2.24. The Hall–Kier alpha value is -1.22. The van der Waals surface area contributed by atoms with Gasteiger partial charge in [0.05, 0.1) is 0 Å². The molecule has 0 aliphatic heterocycles. The molecule has 0 spiro atoms. The van der Waals surface area contributed by atoms with Gasteiger partial charge in [-0.05, 0) is 25.0 Å². The highest BCUT2D eigenvalue weighted by Gasteiger charge is 2.08. The summed E-state index contributed by atoms with van der Waals surface area (Å²) in [6.45, 7) is 4.31. The summed E-state index contributed by atoms with van der Waals surface area (Å²) in [7, 11) is 0. The fourth-order valence-electron chi connectivity index (χ4n) is 1.60. The van der Waals surface area contributed by atoms with Crippen LogP contribution >= 0.6 is 0 Å². The minimum Gasteiger partial charge on any atom is -0.0944 e. The zero-order valence-corrected chi connectivity index (χ0v) is 7.52. The quantitative estimate of drug-likeness (QED) is 0.506. The summed E-state index contributed by atoms with van der Waals surface area (Å²) in [5.41, 5.74) is 3.98. The molecule has 1 aliphatic rings. The number of aryl methyl sites for hydroxylation is 1. The van der Waals surface area contributed by atoms with E-state index in [1.54, 1.807) is 0 Å². The third-order valence-electron chi connectivity index (χ3n) is 2.24. The molecular weight excluding hydrogens is 144 g/mol. The average Bonchev–Trinajstić information content (AvgIpc) is 2.03.